The molecule has 0 heterocycles. The zero-order chi connectivity index (χ0) is 14.1. The fourth-order valence-corrected chi connectivity index (χ4v) is 2.30. The second-order valence-corrected chi connectivity index (χ2v) is 6.29. The number of nitrogens with one attached hydrogen (secondary N) is 2. The summed E-state index contributed by atoms with van der Waals surface area (Å²) >= 11 is 1.80. The molecular formula is C15H24N2OS. The molecule has 19 heavy (non-hydrogen) atoms. The lowest BCUT2D eigenvalue weighted by Crippen LogP contribution is -2.46. The second kappa shape index (κ2) is 8.23. The number of hydrogen-bond donors (Lipinski definition) is 2. The van der Waals surface area contributed by atoms with Crippen molar-refractivity contribution in [1.29, 1.82) is 0 Å². The second-order valence-electron chi connectivity index (χ2n) is 5.12. The van der Waals surface area contributed by atoms with Crippen molar-refractivity contribution in [3.8, 4) is 0 Å². The van der Waals surface area contributed by atoms with Crippen LogP contribution < -0.4 is 10.6 Å². The Morgan fingerprint density at radius 2 is 1.95 bits per heavy atom. The number of hydrogen-bond acceptors (Lipinski definition) is 3. The highest BCUT2D eigenvalue weighted by Gasteiger charge is 2.16. The van der Waals surface area contributed by atoms with Crippen LogP contribution in [0.25, 0.3) is 0 Å². The van der Waals surface area contributed by atoms with Crippen molar-refractivity contribution in [1.82, 2.24) is 10.6 Å². The molecule has 0 bridgehead atoms. The highest BCUT2D eigenvalue weighted by molar-refractivity contribution is 7.99. The summed E-state index contributed by atoms with van der Waals surface area (Å²) < 4.78 is 0. The molecule has 1 amide bonds. The van der Waals surface area contributed by atoms with E-state index in [2.05, 4.69) is 29.7 Å². The van der Waals surface area contributed by atoms with E-state index in [0.717, 1.165) is 18.7 Å². The third-order valence-corrected chi connectivity index (χ3v) is 3.95. The number of carbonyl (C=O) groups is 1. The molecule has 0 saturated heterocycles. The maximum Gasteiger partial charge on any atom is 0.234 e. The van der Waals surface area contributed by atoms with E-state index in [4.69, 9.17) is 0 Å². The van der Waals surface area contributed by atoms with Crippen molar-refractivity contribution >= 4 is 17.7 Å². The molecule has 0 aliphatic carbocycles. The van der Waals surface area contributed by atoms with Gasteiger partial charge in [0.1, 0.15) is 0 Å². The lowest BCUT2D eigenvalue weighted by atomic mass is 10.0. The Labute approximate surface area is 120 Å². The normalized spacial score (nSPS) is 11.3. The maximum absolute atomic E-state index is 11.7. The summed E-state index contributed by atoms with van der Waals surface area (Å²) in [5.41, 5.74) is -0.114. The lowest BCUT2D eigenvalue weighted by molar-refractivity contribution is -0.121. The summed E-state index contributed by atoms with van der Waals surface area (Å²) in [7, 11) is 0. The minimum absolute atomic E-state index is 0.0663. The Morgan fingerprint density at radius 1 is 1.26 bits per heavy atom. The smallest absolute Gasteiger partial charge is 0.234 e. The average Bonchev–Trinajstić information content (AvgIpc) is 2.39. The molecule has 0 aliphatic heterocycles. The molecule has 0 aromatic heterocycles. The third kappa shape index (κ3) is 7.23. The van der Waals surface area contributed by atoms with E-state index >= 15 is 0 Å². The zero-order valence-electron chi connectivity index (χ0n) is 12.0. The monoisotopic (exact) mass is 280 g/mol. The first-order chi connectivity index (χ1) is 9.03. The molecule has 0 aliphatic rings. The van der Waals surface area contributed by atoms with Gasteiger partial charge in [-0.3, -0.25) is 4.79 Å². The number of benzene rings is 1. The fraction of sp³-hybridized carbons (Fsp3) is 0.533. The summed E-state index contributed by atoms with van der Waals surface area (Å²) in [6, 6.07) is 10.3. The minimum atomic E-state index is -0.114. The molecule has 0 fully saturated rings. The standard InChI is InChI=1S/C15H24N2OS/c1-4-15(2,3)17-14(18)12-16-10-11-19-13-8-6-5-7-9-13/h5-9,16H,4,10-12H2,1-3H3,(H,17,18). The first kappa shape index (κ1) is 16.1. The first-order valence-electron chi connectivity index (χ1n) is 6.73. The Hall–Kier alpha value is -1.00. The van der Waals surface area contributed by atoms with Gasteiger partial charge in [-0.1, -0.05) is 25.1 Å². The molecule has 4 heteroatoms. The molecule has 1 aromatic carbocycles. The predicted molar refractivity (Wildman–Crippen MR) is 82.5 cm³/mol. The highest BCUT2D eigenvalue weighted by Crippen LogP contribution is 2.15. The Morgan fingerprint density at radius 3 is 2.58 bits per heavy atom. The molecule has 106 valence electrons. The molecule has 0 saturated carbocycles. The maximum atomic E-state index is 11.7. The van der Waals surface area contributed by atoms with Gasteiger partial charge in [-0.25, -0.2) is 0 Å². The van der Waals surface area contributed by atoms with E-state index in [1.807, 2.05) is 32.0 Å². The van der Waals surface area contributed by atoms with Crippen molar-refractivity contribution in [2.75, 3.05) is 18.8 Å². The van der Waals surface area contributed by atoms with Crippen LogP contribution in [0.4, 0.5) is 0 Å². The molecule has 0 spiro atoms. The van der Waals surface area contributed by atoms with Crippen LogP contribution in [0.2, 0.25) is 0 Å². The van der Waals surface area contributed by atoms with Crippen LogP contribution in [0, 0.1) is 0 Å². The number of carbonyl (C=O) groups excluding carboxylic acids is 1. The quantitative estimate of drug-likeness (QED) is 0.568. The van der Waals surface area contributed by atoms with Gasteiger partial charge in [0.25, 0.3) is 0 Å². The SMILES string of the molecule is CCC(C)(C)NC(=O)CNCCSc1ccccc1. The third-order valence-electron chi connectivity index (χ3n) is 2.94. The minimum Gasteiger partial charge on any atom is -0.350 e. The fourth-order valence-electron chi connectivity index (χ4n) is 1.47. The van der Waals surface area contributed by atoms with Crippen molar-refractivity contribution in [2.24, 2.45) is 0 Å². The number of thioether (sulfide) groups is 1. The summed E-state index contributed by atoms with van der Waals surface area (Å²) in [5, 5.41) is 6.18. The molecule has 0 radical (unpaired) electrons. The van der Waals surface area contributed by atoms with E-state index in [0.29, 0.717) is 6.54 Å². The van der Waals surface area contributed by atoms with Gasteiger partial charge in [0.15, 0.2) is 0 Å². The van der Waals surface area contributed by atoms with E-state index in [1.54, 1.807) is 11.8 Å². The van der Waals surface area contributed by atoms with Crippen molar-refractivity contribution in [3.05, 3.63) is 30.3 Å². The Kier molecular flexibility index (Phi) is 6.95. The molecular weight excluding hydrogens is 256 g/mol. The molecule has 1 aromatic rings. The molecule has 2 N–H and O–H groups in total. The average molecular weight is 280 g/mol. The summed E-state index contributed by atoms with van der Waals surface area (Å²) in [6.07, 6.45) is 0.933. The molecule has 0 atom stereocenters. The van der Waals surface area contributed by atoms with Crippen molar-refractivity contribution in [2.45, 2.75) is 37.6 Å². The molecule has 1 rings (SSSR count). The van der Waals surface area contributed by atoms with Gasteiger partial charge in [-0.2, -0.15) is 0 Å². The highest BCUT2D eigenvalue weighted by atomic mass is 32.2. The topological polar surface area (TPSA) is 41.1 Å². The van der Waals surface area contributed by atoms with Crippen molar-refractivity contribution < 1.29 is 4.79 Å². The molecule has 3 nitrogen and oxygen atoms in total. The number of rotatable bonds is 8. The Balaban J connectivity index is 2.09. The summed E-state index contributed by atoms with van der Waals surface area (Å²) in [4.78, 5) is 12.9. The van der Waals surface area contributed by atoms with E-state index in [1.165, 1.54) is 4.90 Å². The predicted octanol–water partition coefficient (Wildman–Crippen LogP) is 2.67. The van der Waals surface area contributed by atoms with Crippen LogP contribution in [0.5, 0.6) is 0 Å². The molecule has 0 unspecified atom stereocenters. The lowest BCUT2D eigenvalue weighted by Gasteiger charge is -2.24. The van der Waals surface area contributed by atoms with Gasteiger partial charge in [-0.15, -0.1) is 11.8 Å². The van der Waals surface area contributed by atoms with Crippen LogP contribution in [0.15, 0.2) is 35.2 Å². The van der Waals surface area contributed by atoms with Gasteiger partial charge in [0, 0.05) is 22.7 Å². The van der Waals surface area contributed by atoms with E-state index in [9.17, 15) is 4.79 Å². The first-order valence-corrected chi connectivity index (χ1v) is 7.71. The largest absolute Gasteiger partial charge is 0.350 e. The van der Waals surface area contributed by atoms with Crippen molar-refractivity contribution in [3.63, 3.8) is 0 Å². The van der Waals surface area contributed by atoms with Gasteiger partial charge in [-0.05, 0) is 32.4 Å². The van der Waals surface area contributed by atoms with E-state index < -0.39 is 0 Å². The van der Waals surface area contributed by atoms with E-state index in [-0.39, 0.29) is 11.4 Å². The van der Waals surface area contributed by atoms with Crippen LogP contribution in [0.3, 0.4) is 0 Å². The van der Waals surface area contributed by atoms with Crippen LogP contribution >= 0.6 is 11.8 Å². The van der Waals surface area contributed by atoms with Gasteiger partial charge >= 0.3 is 0 Å². The summed E-state index contributed by atoms with van der Waals surface area (Å²) in [5.74, 6) is 1.03. The van der Waals surface area contributed by atoms with Crippen LogP contribution in [0.1, 0.15) is 27.2 Å². The zero-order valence-corrected chi connectivity index (χ0v) is 12.8. The Bertz CT molecular complexity index is 379. The van der Waals surface area contributed by atoms with Gasteiger partial charge < -0.3 is 10.6 Å². The van der Waals surface area contributed by atoms with Gasteiger partial charge in [0.05, 0.1) is 6.54 Å². The van der Waals surface area contributed by atoms with Crippen LogP contribution in [-0.2, 0) is 4.79 Å². The summed E-state index contributed by atoms with van der Waals surface area (Å²) in [6.45, 7) is 7.37. The number of amides is 1. The van der Waals surface area contributed by atoms with Crippen LogP contribution in [-0.4, -0.2) is 30.3 Å². The van der Waals surface area contributed by atoms with Gasteiger partial charge in [0.2, 0.25) is 5.91 Å².